The smallest absolute Gasteiger partial charge is 0.206 e. The highest BCUT2D eigenvalue weighted by atomic mass is 19.1. The average Bonchev–Trinajstić information content (AvgIpc) is 3.09. The van der Waals surface area contributed by atoms with Gasteiger partial charge in [-0.25, -0.2) is 4.39 Å². The maximum absolute atomic E-state index is 15.4. The standard InChI is InChI=1S/C21H28FN3O3/c1-13-10-25(11-14(2)27-13)19-16(12-26)8-17-20(18(19)22)28-24-21(17)23-9-15-6-4-3-5-7-15/h8,12-15H,3-7,9-11H2,1-2H3,(H,23,24). The van der Waals surface area contributed by atoms with Crippen LogP contribution in [0.15, 0.2) is 10.6 Å². The first-order valence-electron chi connectivity index (χ1n) is 10.3. The van der Waals surface area contributed by atoms with E-state index in [0.29, 0.717) is 42.1 Å². The molecule has 1 saturated heterocycles. The molecule has 1 aromatic heterocycles. The van der Waals surface area contributed by atoms with Gasteiger partial charge in [0.25, 0.3) is 0 Å². The van der Waals surface area contributed by atoms with E-state index in [2.05, 4.69) is 10.5 Å². The predicted octanol–water partition coefficient (Wildman–Crippen LogP) is 4.39. The Balaban J connectivity index is 1.63. The zero-order chi connectivity index (χ0) is 19.7. The Morgan fingerprint density at radius 2 is 1.96 bits per heavy atom. The van der Waals surface area contributed by atoms with Gasteiger partial charge in [0.1, 0.15) is 0 Å². The van der Waals surface area contributed by atoms with Crippen molar-refractivity contribution in [1.82, 2.24) is 5.16 Å². The summed E-state index contributed by atoms with van der Waals surface area (Å²) >= 11 is 0. The van der Waals surface area contributed by atoms with Crippen molar-refractivity contribution in [2.45, 2.75) is 58.2 Å². The Morgan fingerprint density at radius 1 is 1.25 bits per heavy atom. The second-order valence-electron chi connectivity index (χ2n) is 8.20. The second kappa shape index (κ2) is 8.07. The lowest BCUT2D eigenvalue weighted by Gasteiger charge is -2.37. The number of morpholine rings is 1. The van der Waals surface area contributed by atoms with Gasteiger partial charge in [-0.3, -0.25) is 4.79 Å². The van der Waals surface area contributed by atoms with Crippen LogP contribution in [0.2, 0.25) is 0 Å². The lowest BCUT2D eigenvalue weighted by atomic mass is 9.89. The van der Waals surface area contributed by atoms with Gasteiger partial charge in [-0.15, -0.1) is 0 Å². The molecule has 152 valence electrons. The summed E-state index contributed by atoms with van der Waals surface area (Å²) in [6.07, 6.45) is 6.86. The van der Waals surface area contributed by atoms with Crippen LogP contribution in [0.3, 0.4) is 0 Å². The van der Waals surface area contributed by atoms with E-state index in [-0.39, 0.29) is 23.5 Å². The summed E-state index contributed by atoms with van der Waals surface area (Å²) in [6, 6.07) is 1.69. The van der Waals surface area contributed by atoms with Crippen LogP contribution in [-0.2, 0) is 4.74 Å². The van der Waals surface area contributed by atoms with E-state index in [1.807, 2.05) is 18.7 Å². The fourth-order valence-corrected chi connectivity index (χ4v) is 4.58. The van der Waals surface area contributed by atoms with Gasteiger partial charge in [-0.05, 0) is 38.7 Å². The number of nitrogens with one attached hydrogen (secondary N) is 1. The molecule has 28 heavy (non-hydrogen) atoms. The lowest BCUT2D eigenvalue weighted by Crippen LogP contribution is -2.46. The van der Waals surface area contributed by atoms with E-state index in [9.17, 15) is 4.79 Å². The molecule has 6 nitrogen and oxygen atoms in total. The number of hydrogen-bond donors (Lipinski definition) is 1. The number of benzene rings is 1. The molecule has 7 heteroatoms. The molecule has 0 radical (unpaired) electrons. The molecule has 2 atom stereocenters. The van der Waals surface area contributed by atoms with E-state index >= 15 is 4.39 Å². The van der Waals surface area contributed by atoms with Gasteiger partial charge < -0.3 is 19.5 Å². The first-order chi connectivity index (χ1) is 13.6. The van der Waals surface area contributed by atoms with Crippen molar-refractivity contribution in [3.8, 4) is 0 Å². The van der Waals surface area contributed by atoms with Crippen molar-refractivity contribution in [2.75, 3.05) is 29.9 Å². The molecule has 0 bridgehead atoms. The summed E-state index contributed by atoms with van der Waals surface area (Å²) in [7, 11) is 0. The third-order valence-corrected chi connectivity index (χ3v) is 5.85. The van der Waals surface area contributed by atoms with Gasteiger partial charge in [0.05, 0.1) is 23.3 Å². The van der Waals surface area contributed by atoms with Crippen molar-refractivity contribution in [3.05, 3.63) is 17.4 Å². The summed E-state index contributed by atoms with van der Waals surface area (Å²) < 4.78 is 26.4. The minimum atomic E-state index is -0.529. The molecular weight excluding hydrogens is 361 g/mol. The molecule has 2 fully saturated rings. The zero-order valence-electron chi connectivity index (χ0n) is 16.5. The van der Waals surface area contributed by atoms with Crippen LogP contribution < -0.4 is 10.2 Å². The summed E-state index contributed by atoms with van der Waals surface area (Å²) in [5, 5.41) is 7.88. The molecule has 0 spiro atoms. The number of anilines is 2. The second-order valence-corrected chi connectivity index (χ2v) is 8.20. The average molecular weight is 389 g/mol. The molecule has 0 amide bonds. The number of aromatic nitrogens is 1. The largest absolute Gasteiger partial charge is 0.372 e. The molecule has 4 rings (SSSR count). The van der Waals surface area contributed by atoms with Crippen LogP contribution in [0.4, 0.5) is 15.9 Å². The van der Waals surface area contributed by atoms with E-state index in [0.717, 1.165) is 6.54 Å². The third-order valence-electron chi connectivity index (χ3n) is 5.85. The van der Waals surface area contributed by atoms with Gasteiger partial charge in [0.2, 0.25) is 5.58 Å². The van der Waals surface area contributed by atoms with Gasteiger partial charge in [0.15, 0.2) is 17.9 Å². The Labute approximate surface area is 164 Å². The summed E-state index contributed by atoms with van der Waals surface area (Å²) in [4.78, 5) is 13.6. The number of carbonyl (C=O) groups is 1. The summed E-state index contributed by atoms with van der Waals surface area (Å²) in [6.45, 7) is 5.73. The van der Waals surface area contributed by atoms with Gasteiger partial charge >= 0.3 is 0 Å². The Hall–Kier alpha value is -2.15. The van der Waals surface area contributed by atoms with Gasteiger partial charge in [-0.2, -0.15) is 0 Å². The first kappa shape index (κ1) is 19.2. The molecule has 2 aromatic rings. The quantitative estimate of drug-likeness (QED) is 0.765. The number of hydrogen-bond acceptors (Lipinski definition) is 6. The first-order valence-corrected chi connectivity index (χ1v) is 10.3. The van der Waals surface area contributed by atoms with Crippen LogP contribution in [0.5, 0.6) is 0 Å². The van der Waals surface area contributed by atoms with Crippen LogP contribution in [0.25, 0.3) is 11.0 Å². The minimum absolute atomic E-state index is 0.0409. The zero-order valence-corrected chi connectivity index (χ0v) is 16.5. The number of fused-ring (bicyclic) bond motifs is 1. The highest BCUT2D eigenvalue weighted by molar-refractivity contribution is 5.98. The normalized spacial score (nSPS) is 23.9. The Morgan fingerprint density at radius 3 is 2.64 bits per heavy atom. The van der Waals surface area contributed by atoms with Crippen molar-refractivity contribution in [3.63, 3.8) is 0 Å². The van der Waals surface area contributed by atoms with E-state index in [1.54, 1.807) is 6.07 Å². The predicted molar refractivity (Wildman–Crippen MR) is 107 cm³/mol. The highest BCUT2D eigenvalue weighted by Gasteiger charge is 2.29. The third kappa shape index (κ3) is 3.72. The number of aldehydes is 1. The monoisotopic (exact) mass is 389 g/mol. The molecule has 2 unspecified atom stereocenters. The van der Waals surface area contributed by atoms with Crippen LogP contribution in [0, 0.1) is 11.7 Å². The van der Waals surface area contributed by atoms with E-state index in [1.165, 1.54) is 32.1 Å². The fourth-order valence-electron chi connectivity index (χ4n) is 4.58. The molecular formula is C21H28FN3O3. The molecule has 1 saturated carbocycles. The number of rotatable bonds is 5. The molecule has 1 aliphatic heterocycles. The Kier molecular flexibility index (Phi) is 5.53. The van der Waals surface area contributed by atoms with Crippen molar-refractivity contribution in [2.24, 2.45) is 5.92 Å². The maximum Gasteiger partial charge on any atom is 0.206 e. The summed E-state index contributed by atoms with van der Waals surface area (Å²) in [5.41, 5.74) is 0.688. The van der Waals surface area contributed by atoms with Gasteiger partial charge in [0, 0.05) is 25.2 Å². The molecule has 2 aliphatic rings. The number of ether oxygens (including phenoxy) is 1. The SMILES string of the molecule is CC1CN(c2c(C=O)cc3c(NCC4CCCCC4)noc3c2F)CC(C)O1. The number of nitrogens with zero attached hydrogens (tertiary/aromatic N) is 2. The highest BCUT2D eigenvalue weighted by Crippen LogP contribution is 2.36. The van der Waals surface area contributed by atoms with E-state index in [4.69, 9.17) is 9.26 Å². The van der Waals surface area contributed by atoms with Crippen LogP contribution in [-0.4, -0.2) is 43.3 Å². The lowest BCUT2D eigenvalue weighted by molar-refractivity contribution is -0.00543. The van der Waals surface area contributed by atoms with Crippen molar-refractivity contribution < 1.29 is 18.4 Å². The number of halogens is 1. The molecule has 1 aromatic carbocycles. The van der Waals surface area contributed by atoms with E-state index < -0.39 is 5.82 Å². The van der Waals surface area contributed by atoms with Crippen LogP contribution in [0.1, 0.15) is 56.3 Å². The minimum Gasteiger partial charge on any atom is -0.372 e. The maximum atomic E-state index is 15.4. The molecule has 1 aliphatic carbocycles. The van der Waals surface area contributed by atoms with Crippen molar-refractivity contribution >= 4 is 28.8 Å². The fraction of sp³-hybridized carbons (Fsp3) is 0.619. The van der Waals surface area contributed by atoms with Crippen molar-refractivity contribution in [1.29, 1.82) is 0 Å². The molecule has 2 heterocycles. The number of carbonyl (C=O) groups excluding carboxylic acids is 1. The van der Waals surface area contributed by atoms with Gasteiger partial charge in [-0.1, -0.05) is 24.4 Å². The van der Waals surface area contributed by atoms with Crippen LogP contribution >= 0.6 is 0 Å². The Bertz CT molecular complexity index is 837. The molecule has 1 N–H and O–H groups in total. The topological polar surface area (TPSA) is 67.6 Å². The summed E-state index contributed by atoms with van der Waals surface area (Å²) in [5.74, 6) is 0.587.